The average molecular weight is 291 g/mol. The normalized spacial score (nSPS) is 26.0. The van der Waals surface area contributed by atoms with Gasteiger partial charge in [0.1, 0.15) is 0 Å². The largest absolute Gasteiger partial charge is 0.381 e. The highest BCUT2D eigenvalue weighted by Gasteiger charge is 2.41. The second-order valence-corrected chi connectivity index (χ2v) is 6.63. The number of aromatic amines is 1. The van der Waals surface area contributed by atoms with Crippen LogP contribution in [0.3, 0.4) is 0 Å². The number of aromatic nitrogens is 2. The van der Waals surface area contributed by atoms with Gasteiger partial charge in [-0.1, -0.05) is 0 Å². The highest BCUT2D eigenvalue weighted by Crippen LogP contribution is 2.38. The maximum atomic E-state index is 12.1. The molecule has 0 unspecified atom stereocenters. The molecule has 5 heteroatoms. The Kier molecular flexibility index (Phi) is 4.02. The number of likely N-dealkylation sites (tertiary alicyclic amines) is 1. The number of carbonyl (C=O) groups excluding carboxylic acids is 1. The highest BCUT2D eigenvalue weighted by atomic mass is 16.5. The van der Waals surface area contributed by atoms with Crippen molar-refractivity contribution in [3.05, 3.63) is 17.0 Å². The van der Waals surface area contributed by atoms with E-state index in [1.807, 2.05) is 6.92 Å². The van der Waals surface area contributed by atoms with Crippen LogP contribution in [0, 0.1) is 19.3 Å². The van der Waals surface area contributed by atoms with E-state index in [0.717, 1.165) is 63.4 Å². The molecule has 1 N–H and O–H groups in total. The van der Waals surface area contributed by atoms with E-state index < -0.39 is 0 Å². The van der Waals surface area contributed by atoms with Crippen LogP contribution in [0.1, 0.15) is 42.6 Å². The Bertz CT molecular complexity index is 498. The molecule has 0 radical (unpaired) electrons. The van der Waals surface area contributed by atoms with Crippen molar-refractivity contribution in [2.24, 2.45) is 5.41 Å². The smallest absolute Gasteiger partial charge is 0.222 e. The van der Waals surface area contributed by atoms with Crippen molar-refractivity contribution in [1.82, 2.24) is 15.1 Å². The number of nitrogens with zero attached hydrogens (tertiary/aromatic N) is 2. The summed E-state index contributed by atoms with van der Waals surface area (Å²) in [7, 11) is 0. The predicted octanol–water partition coefficient (Wildman–Crippen LogP) is 1.99. The maximum Gasteiger partial charge on any atom is 0.222 e. The van der Waals surface area contributed by atoms with Gasteiger partial charge in [0.25, 0.3) is 0 Å². The molecule has 2 aliphatic rings. The van der Waals surface area contributed by atoms with Gasteiger partial charge in [0, 0.05) is 37.2 Å². The van der Waals surface area contributed by atoms with Crippen molar-refractivity contribution in [2.75, 3.05) is 26.3 Å². The van der Waals surface area contributed by atoms with Gasteiger partial charge in [-0.25, -0.2) is 0 Å². The second-order valence-electron chi connectivity index (χ2n) is 6.63. The molecule has 0 saturated carbocycles. The predicted molar refractivity (Wildman–Crippen MR) is 80.1 cm³/mol. The first kappa shape index (κ1) is 14.6. The molecule has 0 aromatic carbocycles. The van der Waals surface area contributed by atoms with Crippen LogP contribution in [0.2, 0.25) is 0 Å². The van der Waals surface area contributed by atoms with Crippen LogP contribution in [-0.4, -0.2) is 47.3 Å². The molecular weight excluding hydrogens is 266 g/mol. The summed E-state index contributed by atoms with van der Waals surface area (Å²) >= 11 is 0. The van der Waals surface area contributed by atoms with Crippen LogP contribution in [-0.2, 0) is 16.0 Å². The quantitative estimate of drug-likeness (QED) is 0.923. The van der Waals surface area contributed by atoms with Crippen LogP contribution in [0.4, 0.5) is 0 Å². The zero-order chi connectivity index (χ0) is 14.9. The fourth-order valence-electron chi connectivity index (χ4n) is 3.67. The molecule has 1 atom stereocenters. The van der Waals surface area contributed by atoms with E-state index in [1.54, 1.807) is 0 Å². The van der Waals surface area contributed by atoms with Gasteiger partial charge in [-0.05, 0) is 45.1 Å². The molecular formula is C16H25N3O2. The summed E-state index contributed by atoms with van der Waals surface area (Å²) in [6.07, 6.45) is 4.79. The molecule has 1 aromatic rings. The summed E-state index contributed by atoms with van der Waals surface area (Å²) < 4.78 is 5.57. The fourth-order valence-corrected chi connectivity index (χ4v) is 3.67. The summed E-state index contributed by atoms with van der Waals surface area (Å²) in [5, 5.41) is 7.26. The van der Waals surface area contributed by atoms with E-state index in [4.69, 9.17) is 4.74 Å². The van der Waals surface area contributed by atoms with Crippen molar-refractivity contribution in [3.63, 3.8) is 0 Å². The zero-order valence-corrected chi connectivity index (χ0v) is 13.1. The van der Waals surface area contributed by atoms with Gasteiger partial charge < -0.3 is 9.64 Å². The van der Waals surface area contributed by atoms with E-state index in [2.05, 4.69) is 22.0 Å². The number of H-pyrrole nitrogens is 1. The monoisotopic (exact) mass is 291 g/mol. The van der Waals surface area contributed by atoms with Gasteiger partial charge in [0.2, 0.25) is 5.91 Å². The third kappa shape index (κ3) is 2.98. The van der Waals surface area contributed by atoms with E-state index in [1.165, 1.54) is 5.56 Å². The Morgan fingerprint density at radius 1 is 1.38 bits per heavy atom. The number of rotatable bonds is 4. The summed E-state index contributed by atoms with van der Waals surface area (Å²) in [6.45, 7) is 7.52. The molecule has 3 heterocycles. The van der Waals surface area contributed by atoms with E-state index in [-0.39, 0.29) is 5.41 Å². The van der Waals surface area contributed by atoms with E-state index in [0.29, 0.717) is 12.3 Å². The number of piperidine rings is 1. The van der Waals surface area contributed by atoms with Gasteiger partial charge in [0.05, 0.1) is 12.3 Å². The zero-order valence-electron chi connectivity index (χ0n) is 13.1. The molecule has 116 valence electrons. The van der Waals surface area contributed by atoms with Crippen molar-refractivity contribution in [3.8, 4) is 0 Å². The first-order valence-electron chi connectivity index (χ1n) is 7.96. The Morgan fingerprint density at radius 2 is 2.24 bits per heavy atom. The molecule has 2 saturated heterocycles. The van der Waals surface area contributed by atoms with Crippen molar-refractivity contribution in [1.29, 1.82) is 0 Å². The van der Waals surface area contributed by atoms with Crippen molar-refractivity contribution < 1.29 is 9.53 Å². The number of aryl methyl sites for hydroxylation is 2. The minimum atomic E-state index is 0.245. The first-order valence-corrected chi connectivity index (χ1v) is 7.96. The number of hydrogen-bond donors (Lipinski definition) is 1. The summed E-state index contributed by atoms with van der Waals surface area (Å²) in [5.74, 6) is 0.313. The van der Waals surface area contributed by atoms with E-state index in [9.17, 15) is 4.79 Å². The van der Waals surface area contributed by atoms with Gasteiger partial charge in [0.15, 0.2) is 0 Å². The number of ether oxygens (including phenoxy) is 1. The van der Waals surface area contributed by atoms with Crippen LogP contribution in [0.5, 0.6) is 0 Å². The van der Waals surface area contributed by atoms with E-state index >= 15 is 0 Å². The summed E-state index contributed by atoms with van der Waals surface area (Å²) in [4.78, 5) is 14.2. The third-order valence-corrected chi connectivity index (χ3v) is 5.07. The molecule has 2 aliphatic heterocycles. The first-order chi connectivity index (χ1) is 10.1. The molecule has 5 nitrogen and oxygen atoms in total. The van der Waals surface area contributed by atoms with Crippen molar-refractivity contribution in [2.45, 2.75) is 46.0 Å². The lowest BCUT2D eigenvalue weighted by atomic mass is 9.79. The Labute approximate surface area is 126 Å². The Morgan fingerprint density at radius 3 is 2.90 bits per heavy atom. The van der Waals surface area contributed by atoms with Gasteiger partial charge >= 0.3 is 0 Å². The van der Waals surface area contributed by atoms with Crippen LogP contribution < -0.4 is 0 Å². The molecule has 1 aromatic heterocycles. The summed E-state index contributed by atoms with van der Waals surface area (Å²) in [6, 6.07) is 0. The topological polar surface area (TPSA) is 58.2 Å². The standard InChI is InChI=1S/C16H25N3O2/c1-12-14(13(2)18-17-12)4-3-8-19-10-16(6-5-15(19)20)7-9-21-11-16/h3-11H2,1-2H3,(H,17,18)/t16-/m0/s1. The number of carbonyl (C=O) groups is 1. The van der Waals surface area contributed by atoms with Crippen molar-refractivity contribution >= 4 is 5.91 Å². The number of hydrogen-bond acceptors (Lipinski definition) is 3. The second kappa shape index (κ2) is 5.79. The fraction of sp³-hybridized carbons (Fsp3) is 0.750. The minimum Gasteiger partial charge on any atom is -0.381 e. The lowest BCUT2D eigenvalue weighted by molar-refractivity contribution is -0.137. The molecule has 0 aliphatic carbocycles. The molecule has 1 spiro atoms. The van der Waals surface area contributed by atoms with Crippen LogP contribution >= 0.6 is 0 Å². The molecule has 3 rings (SSSR count). The van der Waals surface area contributed by atoms with Gasteiger partial charge in [-0.2, -0.15) is 5.10 Å². The molecule has 0 bridgehead atoms. The van der Waals surface area contributed by atoms with Crippen LogP contribution in [0.25, 0.3) is 0 Å². The third-order valence-electron chi connectivity index (χ3n) is 5.07. The Balaban J connectivity index is 1.55. The molecule has 2 fully saturated rings. The van der Waals surface area contributed by atoms with Gasteiger partial charge in [-0.3, -0.25) is 9.89 Å². The highest BCUT2D eigenvalue weighted by molar-refractivity contribution is 5.77. The number of amides is 1. The lowest BCUT2D eigenvalue weighted by Gasteiger charge is -2.39. The SMILES string of the molecule is Cc1n[nH]c(C)c1CCCN1C[C@@]2(CCOC2)CCC1=O. The molecule has 1 amide bonds. The molecule has 21 heavy (non-hydrogen) atoms. The maximum absolute atomic E-state index is 12.1. The average Bonchev–Trinajstić information content (AvgIpc) is 3.04. The lowest BCUT2D eigenvalue weighted by Crippen LogP contribution is -2.47. The minimum absolute atomic E-state index is 0.245. The van der Waals surface area contributed by atoms with Crippen LogP contribution in [0.15, 0.2) is 0 Å². The summed E-state index contributed by atoms with van der Waals surface area (Å²) in [5.41, 5.74) is 3.78. The van der Waals surface area contributed by atoms with Gasteiger partial charge in [-0.15, -0.1) is 0 Å². The Hall–Kier alpha value is -1.36. The number of nitrogens with one attached hydrogen (secondary N) is 1.